The van der Waals surface area contributed by atoms with Crippen LogP contribution in [0.5, 0.6) is 0 Å². The number of hydrogen-bond acceptors (Lipinski definition) is 3. The molecular weight excluding hydrogens is 280 g/mol. The van der Waals surface area contributed by atoms with E-state index in [0.29, 0.717) is 15.6 Å². The fraction of sp³-hybridized carbons (Fsp3) is 0.357. The van der Waals surface area contributed by atoms with Crippen LogP contribution in [0.3, 0.4) is 0 Å². The van der Waals surface area contributed by atoms with E-state index < -0.39 is 0 Å². The number of thiophene rings is 1. The number of nitrogens with two attached hydrogens (primary N) is 1. The predicted octanol–water partition coefficient (Wildman–Crippen LogP) is 3.67. The maximum Gasteiger partial charge on any atom is 0.263 e. The summed E-state index contributed by atoms with van der Waals surface area (Å²) in [7, 11) is 0. The Hall–Kier alpha value is -1.26. The van der Waals surface area contributed by atoms with Crippen molar-refractivity contribution >= 4 is 44.6 Å². The van der Waals surface area contributed by atoms with E-state index in [1.54, 1.807) is 6.07 Å². The van der Waals surface area contributed by atoms with E-state index >= 15 is 0 Å². The molecule has 3 rings (SSSR count). The number of carbonyl (C=O) groups is 1. The molecule has 1 saturated carbocycles. The average molecular weight is 295 g/mol. The molecule has 19 heavy (non-hydrogen) atoms. The highest BCUT2D eigenvalue weighted by Gasteiger charge is 2.46. The Bertz CT molecular complexity index is 677. The first-order chi connectivity index (χ1) is 8.88. The highest BCUT2D eigenvalue weighted by atomic mass is 35.5. The van der Waals surface area contributed by atoms with Gasteiger partial charge in [0.15, 0.2) is 0 Å². The van der Waals surface area contributed by atoms with Gasteiger partial charge in [0.1, 0.15) is 4.88 Å². The normalized spacial score (nSPS) is 20.5. The summed E-state index contributed by atoms with van der Waals surface area (Å²) in [6, 6.07) is 5.75. The minimum absolute atomic E-state index is 0.0783. The number of nitrogens with one attached hydrogen (secondary N) is 1. The standard InChI is InChI=1S/C14H15ClN2OS/c1-14(2)6-10(14)17-13(18)12-11(16)8-4-3-7(15)5-9(8)19-12/h3-5,10H,6,16H2,1-2H3,(H,17,18). The molecule has 1 aromatic carbocycles. The van der Waals surface area contributed by atoms with Crippen molar-refractivity contribution in [2.24, 2.45) is 5.41 Å². The number of benzene rings is 1. The van der Waals surface area contributed by atoms with Gasteiger partial charge in [-0.15, -0.1) is 11.3 Å². The van der Waals surface area contributed by atoms with Crippen LogP contribution in [0.15, 0.2) is 18.2 Å². The molecule has 1 aromatic heterocycles. The molecule has 1 atom stereocenters. The zero-order valence-electron chi connectivity index (χ0n) is 10.8. The lowest BCUT2D eigenvalue weighted by Gasteiger charge is -2.05. The van der Waals surface area contributed by atoms with E-state index in [1.165, 1.54) is 11.3 Å². The Morgan fingerprint density at radius 2 is 2.21 bits per heavy atom. The van der Waals surface area contributed by atoms with Crippen LogP contribution in [0, 0.1) is 5.41 Å². The van der Waals surface area contributed by atoms with E-state index in [-0.39, 0.29) is 17.4 Å². The second-order valence-electron chi connectivity index (χ2n) is 5.70. The number of hydrogen-bond donors (Lipinski definition) is 2. The molecular formula is C14H15ClN2OS. The molecule has 2 aromatic rings. The summed E-state index contributed by atoms with van der Waals surface area (Å²) in [6.45, 7) is 4.29. The molecule has 1 unspecified atom stereocenters. The van der Waals surface area contributed by atoms with E-state index in [1.807, 2.05) is 12.1 Å². The lowest BCUT2D eigenvalue weighted by atomic mass is 10.2. The fourth-order valence-corrected chi connectivity index (χ4v) is 3.50. The van der Waals surface area contributed by atoms with Gasteiger partial charge in [0.25, 0.3) is 5.91 Å². The number of rotatable bonds is 2. The molecule has 100 valence electrons. The first-order valence-corrected chi connectivity index (χ1v) is 7.36. The van der Waals surface area contributed by atoms with Crippen LogP contribution in [0.2, 0.25) is 5.02 Å². The van der Waals surface area contributed by atoms with E-state index in [9.17, 15) is 4.79 Å². The topological polar surface area (TPSA) is 55.1 Å². The molecule has 1 amide bonds. The second-order valence-corrected chi connectivity index (χ2v) is 7.19. The molecule has 1 fully saturated rings. The third-order valence-corrected chi connectivity index (χ3v) is 5.12. The fourth-order valence-electron chi connectivity index (χ4n) is 2.20. The first kappa shape index (κ1) is 12.8. The van der Waals surface area contributed by atoms with Crippen LogP contribution in [-0.2, 0) is 0 Å². The van der Waals surface area contributed by atoms with Crippen LogP contribution in [0.25, 0.3) is 10.1 Å². The van der Waals surface area contributed by atoms with Crippen LogP contribution in [0.4, 0.5) is 5.69 Å². The SMILES string of the molecule is CC1(C)CC1NC(=O)c1sc2cc(Cl)ccc2c1N. The molecule has 3 nitrogen and oxygen atoms in total. The third kappa shape index (κ3) is 2.19. The van der Waals surface area contributed by atoms with Gasteiger partial charge in [-0.1, -0.05) is 25.4 Å². The minimum Gasteiger partial charge on any atom is -0.397 e. The molecule has 0 radical (unpaired) electrons. The minimum atomic E-state index is -0.0783. The third-order valence-electron chi connectivity index (χ3n) is 3.72. The Balaban J connectivity index is 1.92. The van der Waals surface area contributed by atoms with Crippen molar-refractivity contribution in [2.45, 2.75) is 26.3 Å². The molecule has 1 heterocycles. The summed E-state index contributed by atoms with van der Waals surface area (Å²) in [5.74, 6) is -0.0783. The van der Waals surface area contributed by atoms with Gasteiger partial charge in [0.2, 0.25) is 0 Å². The maximum absolute atomic E-state index is 12.2. The van der Waals surface area contributed by atoms with Crippen molar-refractivity contribution in [3.05, 3.63) is 28.1 Å². The number of fused-ring (bicyclic) bond motifs is 1. The van der Waals surface area contributed by atoms with Crippen LogP contribution in [-0.4, -0.2) is 11.9 Å². The summed E-state index contributed by atoms with van der Waals surface area (Å²) in [5, 5.41) is 4.59. The van der Waals surface area contributed by atoms with Crippen LogP contribution >= 0.6 is 22.9 Å². The predicted molar refractivity (Wildman–Crippen MR) is 80.9 cm³/mol. The lowest BCUT2D eigenvalue weighted by molar-refractivity contribution is 0.0951. The molecule has 3 N–H and O–H groups in total. The summed E-state index contributed by atoms with van der Waals surface area (Å²) in [4.78, 5) is 12.8. The second kappa shape index (κ2) is 4.12. The smallest absolute Gasteiger partial charge is 0.263 e. The highest BCUT2D eigenvalue weighted by molar-refractivity contribution is 7.21. The van der Waals surface area contributed by atoms with Crippen LogP contribution in [0.1, 0.15) is 29.9 Å². The Morgan fingerprint density at radius 1 is 1.53 bits per heavy atom. The van der Waals surface area contributed by atoms with Gasteiger partial charge < -0.3 is 11.1 Å². The van der Waals surface area contributed by atoms with Gasteiger partial charge in [0.05, 0.1) is 5.69 Å². The van der Waals surface area contributed by atoms with E-state index in [4.69, 9.17) is 17.3 Å². The summed E-state index contributed by atoms with van der Waals surface area (Å²) in [5.41, 5.74) is 6.82. The zero-order valence-corrected chi connectivity index (χ0v) is 12.4. The van der Waals surface area contributed by atoms with Gasteiger partial charge in [0, 0.05) is 21.2 Å². The van der Waals surface area contributed by atoms with Crippen molar-refractivity contribution < 1.29 is 4.79 Å². The number of anilines is 1. The Morgan fingerprint density at radius 3 is 2.84 bits per heavy atom. The molecule has 0 aliphatic heterocycles. The summed E-state index contributed by atoms with van der Waals surface area (Å²) in [6.07, 6.45) is 1.02. The highest BCUT2D eigenvalue weighted by Crippen LogP contribution is 2.45. The Labute approximate surface area is 120 Å². The molecule has 0 saturated heterocycles. The number of nitrogen functional groups attached to an aromatic ring is 1. The van der Waals surface area contributed by atoms with Gasteiger partial charge in [-0.2, -0.15) is 0 Å². The number of carbonyl (C=O) groups excluding carboxylic acids is 1. The maximum atomic E-state index is 12.2. The van der Waals surface area contributed by atoms with E-state index in [2.05, 4.69) is 19.2 Å². The van der Waals surface area contributed by atoms with Gasteiger partial charge in [-0.3, -0.25) is 4.79 Å². The Kier molecular flexibility index (Phi) is 2.76. The summed E-state index contributed by atoms with van der Waals surface area (Å²) >= 11 is 7.35. The van der Waals surface area contributed by atoms with Crippen LogP contribution < -0.4 is 11.1 Å². The van der Waals surface area contributed by atoms with E-state index in [0.717, 1.165) is 16.5 Å². The summed E-state index contributed by atoms with van der Waals surface area (Å²) < 4.78 is 0.949. The number of halogens is 1. The van der Waals surface area contributed by atoms with Gasteiger partial charge >= 0.3 is 0 Å². The molecule has 0 spiro atoms. The monoisotopic (exact) mass is 294 g/mol. The molecule has 5 heteroatoms. The number of amides is 1. The quantitative estimate of drug-likeness (QED) is 0.888. The molecule has 0 bridgehead atoms. The molecule has 1 aliphatic rings. The van der Waals surface area contributed by atoms with Crippen molar-refractivity contribution in [3.63, 3.8) is 0 Å². The van der Waals surface area contributed by atoms with Gasteiger partial charge in [-0.05, 0) is 30.0 Å². The first-order valence-electron chi connectivity index (χ1n) is 6.17. The average Bonchev–Trinajstić information content (AvgIpc) is 2.78. The lowest BCUT2D eigenvalue weighted by Crippen LogP contribution is -2.28. The van der Waals surface area contributed by atoms with Crippen molar-refractivity contribution in [1.29, 1.82) is 0 Å². The van der Waals surface area contributed by atoms with Crippen molar-refractivity contribution in [1.82, 2.24) is 5.32 Å². The van der Waals surface area contributed by atoms with Crippen molar-refractivity contribution in [3.8, 4) is 0 Å². The van der Waals surface area contributed by atoms with Gasteiger partial charge in [-0.25, -0.2) is 0 Å². The largest absolute Gasteiger partial charge is 0.397 e. The zero-order chi connectivity index (χ0) is 13.8. The van der Waals surface area contributed by atoms with Crippen molar-refractivity contribution in [2.75, 3.05) is 5.73 Å². The molecule has 1 aliphatic carbocycles.